The predicted molar refractivity (Wildman–Crippen MR) is 130 cm³/mol. The van der Waals surface area contributed by atoms with E-state index < -0.39 is 11.8 Å². The summed E-state index contributed by atoms with van der Waals surface area (Å²) in [6, 6.07) is 23.5. The lowest BCUT2D eigenvalue weighted by atomic mass is 10.1. The molecule has 0 fully saturated rings. The first-order chi connectivity index (χ1) is 15.4. The van der Waals surface area contributed by atoms with Gasteiger partial charge in [0.05, 0.1) is 16.8 Å². The molecular formula is C25H23ClN4O2. The molecule has 0 atom stereocenters. The fraction of sp³-hybridized carbons (Fsp3) is 0.0800. The molecule has 162 valence electrons. The largest absolute Gasteiger partial charge is 0.378 e. The molecule has 0 aliphatic rings. The molecule has 0 unspecified atom stereocenters. The minimum atomic E-state index is -0.560. The zero-order chi connectivity index (χ0) is 22.9. The summed E-state index contributed by atoms with van der Waals surface area (Å²) < 4.78 is 0. The van der Waals surface area contributed by atoms with Crippen LogP contribution in [0.4, 0.5) is 5.69 Å². The van der Waals surface area contributed by atoms with Gasteiger partial charge in [0.15, 0.2) is 0 Å². The summed E-state index contributed by atoms with van der Waals surface area (Å²) in [5, 5.41) is 6.95. The Morgan fingerprint density at radius 2 is 1.53 bits per heavy atom. The van der Waals surface area contributed by atoms with Gasteiger partial charge in [-0.3, -0.25) is 9.59 Å². The monoisotopic (exact) mass is 446 g/mol. The van der Waals surface area contributed by atoms with E-state index in [0.717, 1.165) is 16.8 Å². The number of nitrogens with one attached hydrogen (secondary N) is 2. The Balaban J connectivity index is 1.77. The minimum Gasteiger partial charge on any atom is -0.378 e. The van der Waals surface area contributed by atoms with E-state index >= 15 is 0 Å². The molecule has 2 N–H and O–H groups in total. The zero-order valence-electron chi connectivity index (χ0n) is 17.7. The van der Waals surface area contributed by atoms with Crippen LogP contribution in [0.5, 0.6) is 0 Å². The zero-order valence-corrected chi connectivity index (χ0v) is 18.5. The third-order valence-corrected chi connectivity index (χ3v) is 4.84. The van der Waals surface area contributed by atoms with Gasteiger partial charge in [-0.1, -0.05) is 66.2 Å². The molecule has 6 nitrogen and oxygen atoms in total. The van der Waals surface area contributed by atoms with E-state index in [4.69, 9.17) is 11.6 Å². The third kappa shape index (κ3) is 6.30. The van der Waals surface area contributed by atoms with Gasteiger partial charge in [-0.15, -0.1) is 0 Å². The molecule has 0 saturated carbocycles. The van der Waals surface area contributed by atoms with E-state index in [-0.39, 0.29) is 11.3 Å². The van der Waals surface area contributed by atoms with Crippen molar-refractivity contribution in [3.8, 4) is 0 Å². The molecule has 0 heterocycles. The number of hydrazone groups is 1. The van der Waals surface area contributed by atoms with E-state index in [1.54, 1.807) is 30.3 Å². The summed E-state index contributed by atoms with van der Waals surface area (Å²) in [4.78, 5) is 27.5. The highest BCUT2D eigenvalue weighted by Gasteiger charge is 2.16. The maximum Gasteiger partial charge on any atom is 0.287 e. The molecular weight excluding hydrogens is 424 g/mol. The van der Waals surface area contributed by atoms with Crippen LogP contribution in [0.2, 0.25) is 5.02 Å². The van der Waals surface area contributed by atoms with E-state index in [1.165, 1.54) is 6.21 Å². The molecule has 7 heteroatoms. The molecule has 0 spiro atoms. The number of hydrogen-bond donors (Lipinski definition) is 2. The minimum absolute atomic E-state index is 0.0428. The van der Waals surface area contributed by atoms with Gasteiger partial charge in [0, 0.05) is 19.8 Å². The van der Waals surface area contributed by atoms with Gasteiger partial charge in [-0.25, -0.2) is 5.43 Å². The van der Waals surface area contributed by atoms with Crippen molar-refractivity contribution < 1.29 is 9.59 Å². The number of amides is 2. The van der Waals surface area contributed by atoms with Crippen molar-refractivity contribution in [2.24, 2.45) is 5.10 Å². The van der Waals surface area contributed by atoms with Crippen LogP contribution in [-0.2, 0) is 4.79 Å². The van der Waals surface area contributed by atoms with E-state index in [0.29, 0.717) is 5.02 Å². The Labute approximate surface area is 192 Å². The molecule has 0 saturated heterocycles. The van der Waals surface area contributed by atoms with Gasteiger partial charge in [0.25, 0.3) is 11.8 Å². The Hall–Kier alpha value is -3.90. The maximum absolute atomic E-state index is 12.8. The smallest absolute Gasteiger partial charge is 0.287 e. The Morgan fingerprint density at radius 3 is 2.19 bits per heavy atom. The quantitative estimate of drug-likeness (QED) is 0.322. The average Bonchev–Trinajstić information content (AvgIpc) is 2.80. The van der Waals surface area contributed by atoms with Crippen molar-refractivity contribution in [2.75, 3.05) is 19.0 Å². The SMILES string of the molecule is CN(C)c1ccc(C=NNC(=O)C(=Cc2ccccc2)NC(=O)c2ccccc2Cl)cc1. The van der Waals surface area contributed by atoms with Gasteiger partial charge < -0.3 is 10.2 Å². The summed E-state index contributed by atoms with van der Waals surface area (Å²) in [6.45, 7) is 0. The number of hydrogen-bond acceptors (Lipinski definition) is 4. The Kier molecular flexibility index (Phi) is 7.78. The van der Waals surface area contributed by atoms with Crippen LogP contribution in [-0.4, -0.2) is 32.1 Å². The second-order valence-corrected chi connectivity index (χ2v) is 7.49. The highest BCUT2D eigenvalue weighted by Crippen LogP contribution is 2.16. The first-order valence-corrected chi connectivity index (χ1v) is 10.3. The first-order valence-electron chi connectivity index (χ1n) is 9.87. The van der Waals surface area contributed by atoms with Gasteiger partial charge >= 0.3 is 0 Å². The summed E-state index contributed by atoms with van der Waals surface area (Å²) in [5.74, 6) is -1.05. The maximum atomic E-state index is 12.8. The standard InChI is InChI=1S/C25H23ClN4O2/c1-30(2)20-14-12-19(13-15-20)17-27-29-25(32)23(16-18-8-4-3-5-9-18)28-24(31)21-10-6-7-11-22(21)26/h3-17H,1-2H3,(H,28,31)(H,29,32). The van der Waals surface area contributed by atoms with Gasteiger partial charge in [-0.2, -0.15) is 5.10 Å². The molecule has 0 bridgehead atoms. The van der Waals surface area contributed by atoms with Crippen molar-refractivity contribution in [1.82, 2.24) is 10.7 Å². The number of nitrogens with zero attached hydrogens (tertiary/aromatic N) is 2. The topological polar surface area (TPSA) is 73.8 Å². The van der Waals surface area contributed by atoms with Crippen LogP contribution in [0.3, 0.4) is 0 Å². The van der Waals surface area contributed by atoms with Crippen LogP contribution in [0.25, 0.3) is 6.08 Å². The van der Waals surface area contributed by atoms with Crippen molar-refractivity contribution in [3.63, 3.8) is 0 Å². The van der Waals surface area contributed by atoms with Crippen molar-refractivity contribution in [1.29, 1.82) is 0 Å². The highest BCUT2D eigenvalue weighted by molar-refractivity contribution is 6.34. The number of carbonyl (C=O) groups excluding carboxylic acids is 2. The molecule has 3 aromatic carbocycles. The first kappa shape index (κ1) is 22.8. The normalized spacial score (nSPS) is 11.3. The average molecular weight is 447 g/mol. The Morgan fingerprint density at radius 1 is 0.875 bits per heavy atom. The van der Waals surface area contributed by atoms with Crippen LogP contribution in [0.1, 0.15) is 21.5 Å². The molecule has 2 amide bonds. The number of anilines is 1. The summed E-state index contributed by atoms with van der Waals surface area (Å²) in [5.41, 5.74) is 5.41. The number of carbonyl (C=O) groups is 2. The summed E-state index contributed by atoms with van der Waals surface area (Å²) in [7, 11) is 3.92. The van der Waals surface area contributed by atoms with Gasteiger partial charge in [0.1, 0.15) is 5.70 Å². The number of rotatable bonds is 7. The molecule has 0 radical (unpaired) electrons. The molecule has 3 rings (SSSR count). The fourth-order valence-corrected chi connectivity index (χ4v) is 3.02. The van der Waals surface area contributed by atoms with Crippen molar-refractivity contribution >= 4 is 41.4 Å². The molecule has 3 aromatic rings. The fourth-order valence-electron chi connectivity index (χ4n) is 2.79. The van der Waals surface area contributed by atoms with E-state index in [9.17, 15) is 9.59 Å². The second kappa shape index (κ2) is 10.9. The highest BCUT2D eigenvalue weighted by atomic mass is 35.5. The van der Waals surface area contributed by atoms with Crippen LogP contribution < -0.4 is 15.6 Å². The summed E-state index contributed by atoms with van der Waals surface area (Å²) in [6.07, 6.45) is 3.11. The van der Waals surface area contributed by atoms with Crippen LogP contribution in [0, 0.1) is 0 Å². The Bertz CT molecular complexity index is 1140. The van der Waals surface area contributed by atoms with Gasteiger partial charge in [-0.05, 0) is 41.5 Å². The van der Waals surface area contributed by atoms with E-state index in [1.807, 2.05) is 73.6 Å². The van der Waals surface area contributed by atoms with Gasteiger partial charge in [0.2, 0.25) is 0 Å². The lowest BCUT2D eigenvalue weighted by Gasteiger charge is -2.11. The lowest BCUT2D eigenvalue weighted by molar-refractivity contribution is -0.117. The van der Waals surface area contributed by atoms with Crippen molar-refractivity contribution in [2.45, 2.75) is 0 Å². The number of halogens is 1. The molecule has 32 heavy (non-hydrogen) atoms. The summed E-state index contributed by atoms with van der Waals surface area (Å²) >= 11 is 6.12. The molecule has 0 aliphatic heterocycles. The van der Waals surface area contributed by atoms with Crippen LogP contribution >= 0.6 is 11.6 Å². The van der Waals surface area contributed by atoms with E-state index in [2.05, 4.69) is 15.8 Å². The molecule has 0 aliphatic carbocycles. The lowest BCUT2D eigenvalue weighted by Crippen LogP contribution is -2.33. The van der Waals surface area contributed by atoms with Crippen LogP contribution in [0.15, 0.2) is 89.7 Å². The predicted octanol–water partition coefficient (Wildman–Crippen LogP) is 4.33. The molecule has 0 aromatic heterocycles. The third-order valence-electron chi connectivity index (χ3n) is 4.51. The second-order valence-electron chi connectivity index (χ2n) is 7.09. The van der Waals surface area contributed by atoms with Crippen molar-refractivity contribution in [3.05, 3.63) is 106 Å². The number of benzene rings is 3.